The second kappa shape index (κ2) is 54.4. The van der Waals surface area contributed by atoms with E-state index in [4.69, 9.17) is 75.8 Å². The van der Waals surface area contributed by atoms with Crippen LogP contribution in [0.25, 0.3) is 0 Å². The Morgan fingerprint density at radius 2 is 0.390 bits per heavy atom. The third kappa shape index (κ3) is 28.3. The number of carbonyl (C=O) groups is 4. The van der Waals surface area contributed by atoms with Gasteiger partial charge in [-0.1, -0.05) is 259 Å². The van der Waals surface area contributed by atoms with E-state index in [-0.39, 0.29) is 23.0 Å². The zero-order chi connectivity index (χ0) is 95.0. The van der Waals surface area contributed by atoms with Crippen LogP contribution in [0.2, 0.25) is 0 Å². The number of carbonyl (C=O) groups excluding carboxylic acids is 4. The molecule has 4 aliphatic heterocycles. The van der Waals surface area contributed by atoms with Crippen molar-refractivity contribution in [1.82, 2.24) is 0 Å². The summed E-state index contributed by atoms with van der Waals surface area (Å²) in [5, 5.41) is 12.3. The first kappa shape index (κ1) is 102. The van der Waals surface area contributed by atoms with Gasteiger partial charge in [-0.15, -0.1) is 0 Å². The summed E-state index contributed by atoms with van der Waals surface area (Å²) < 4.78 is 110. The maximum absolute atomic E-state index is 15.0. The van der Waals surface area contributed by atoms with Crippen LogP contribution in [0, 0.1) is 0 Å². The van der Waals surface area contributed by atoms with Gasteiger partial charge >= 0.3 is 0 Å². The highest BCUT2D eigenvalue weighted by molar-refractivity contribution is 5.94. The fraction of sp³-hybridized carbons (Fsp3) is 0.536. The lowest BCUT2D eigenvalue weighted by atomic mass is 9.75. The van der Waals surface area contributed by atoms with Crippen LogP contribution in [-0.2, 0) is 19.2 Å². The summed E-state index contributed by atoms with van der Waals surface area (Å²) in [4.78, 5) is 59.9. The van der Waals surface area contributed by atoms with E-state index < -0.39 is 101 Å². The van der Waals surface area contributed by atoms with Crippen molar-refractivity contribution in [2.75, 3.05) is 103 Å². The fourth-order valence-corrected chi connectivity index (χ4v) is 19.6. The number of nitrogens with one attached hydrogen (secondary N) is 4. The smallest absolute Gasteiger partial charge is 0.262 e. The van der Waals surface area contributed by atoms with Gasteiger partial charge in [0.15, 0.2) is 72.4 Å². The second-order valence-electron chi connectivity index (χ2n) is 36.7. The molecule has 4 heterocycles. The number of rotatable bonds is 60. The molecule has 8 aromatic carbocycles. The maximum Gasteiger partial charge on any atom is 0.262 e. The summed E-state index contributed by atoms with van der Waals surface area (Å²) in [7, 11) is 6.40. The first-order valence-electron chi connectivity index (χ1n) is 51.0. The second-order valence-corrected chi connectivity index (χ2v) is 36.7. The zero-order valence-corrected chi connectivity index (χ0v) is 82.0. The van der Waals surface area contributed by atoms with Gasteiger partial charge in [0.1, 0.15) is 23.0 Å². The van der Waals surface area contributed by atoms with Gasteiger partial charge in [-0.2, -0.15) is 0 Å². The first-order valence-corrected chi connectivity index (χ1v) is 51.0. The van der Waals surface area contributed by atoms with Crippen molar-refractivity contribution < 1.29 is 95.0 Å². The van der Waals surface area contributed by atoms with E-state index in [9.17, 15) is 19.2 Å². The molecular formula is C112H148N4O20. The van der Waals surface area contributed by atoms with E-state index in [1.54, 1.807) is 126 Å². The Morgan fingerprint density at radius 3 is 0.544 bits per heavy atom. The van der Waals surface area contributed by atoms with Gasteiger partial charge in [0.25, 0.3) is 23.6 Å². The molecule has 8 bridgehead atoms. The third-order valence-corrected chi connectivity index (χ3v) is 26.9. The number of anilines is 4. The van der Waals surface area contributed by atoms with E-state index >= 15 is 0 Å². The van der Waals surface area contributed by atoms with E-state index in [1.807, 2.05) is 0 Å². The zero-order valence-electron chi connectivity index (χ0n) is 82.0. The Morgan fingerprint density at radius 1 is 0.235 bits per heavy atom. The lowest BCUT2D eigenvalue weighted by Crippen LogP contribution is -2.26. The van der Waals surface area contributed by atoms with Crippen molar-refractivity contribution in [2.24, 2.45) is 0 Å². The Hall–Kier alpha value is -11.6. The molecule has 0 saturated heterocycles. The summed E-state index contributed by atoms with van der Waals surface area (Å²) in [5.41, 5.74) is 7.98. The average Bonchev–Trinajstić information content (AvgIpc) is 0.722. The molecular weight excluding hydrogens is 1720 g/mol. The normalized spacial score (nSPS) is 15.1. The third-order valence-electron chi connectivity index (χ3n) is 26.9. The summed E-state index contributed by atoms with van der Waals surface area (Å²) in [6, 6.07) is 37.6. The van der Waals surface area contributed by atoms with Crippen molar-refractivity contribution in [2.45, 2.75) is 308 Å². The first-order chi connectivity index (χ1) is 66.8. The number of benzene rings is 8. The van der Waals surface area contributed by atoms with Crippen LogP contribution in [0.4, 0.5) is 22.7 Å². The fourth-order valence-electron chi connectivity index (χ4n) is 19.6. The van der Waals surface area contributed by atoms with Crippen molar-refractivity contribution in [1.29, 1.82) is 0 Å². The summed E-state index contributed by atoms with van der Waals surface area (Å²) in [6.45, 7) is 5.29. The van der Waals surface area contributed by atoms with Crippen molar-refractivity contribution in [3.8, 4) is 92.0 Å². The summed E-state index contributed by atoms with van der Waals surface area (Å²) >= 11 is 0. The van der Waals surface area contributed by atoms with Crippen LogP contribution in [-0.4, -0.2) is 106 Å². The lowest BCUT2D eigenvalue weighted by molar-refractivity contribution is -0.118. The molecule has 4 N–H and O–H groups in total. The molecule has 8 aromatic rings. The summed E-state index contributed by atoms with van der Waals surface area (Å²) in [6.07, 6.45) is 40.4. The lowest BCUT2D eigenvalue weighted by Gasteiger charge is -2.37. The van der Waals surface area contributed by atoms with Gasteiger partial charge in [-0.3, -0.25) is 19.2 Å². The Balaban J connectivity index is 1.11. The van der Waals surface area contributed by atoms with Crippen LogP contribution in [0.1, 0.15) is 353 Å². The van der Waals surface area contributed by atoms with E-state index in [1.165, 1.54) is 77.0 Å². The van der Waals surface area contributed by atoms with Crippen molar-refractivity contribution in [3.63, 3.8) is 0 Å². The molecule has 136 heavy (non-hydrogen) atoms. The number of ether oxygens (including phenoxy) is 16. The van der Waals surface area contributed by atoms with Crippen LogP contribution < -0.4 is 97.1 Å². The highest BCUT2D eigenvalue weighted by Crippen LogP contribution is 2.63. The van der Waals surface area contributed by atoms with Crippen LogP contribution in [0.3, 0.4) is 0 Å². The average molecular weight is 1870 g/mol. The summed E-state index contributed by atoms with van der Waals surface area (Å²) in [5.74, 6) is 1.26. The Labute approximate surface area is 806 Å². The Kier molecular flexibility index (Phi) is 40.7. The molecule has 0 spiro atoms. The Bertz CT molecular complexity index is 4330. The molecule has 24 nitrogen and oxygen atoms in total. The monoisotopic (exact) mass is 1870 g/mol. The number of unbranched alkanes of at least 4 members (excludes halogenated alkanes) is 32. The van der Waals surface area contributed by atoms with Gasteiger partial charge in [-0.05, 0) is 147 Å². The van der Waals surface area contributed by atoms with Crippen LogP contribution in [0.5, 0.6) is 92.0 Å². The van der Waals surface area contributed by atoms with Crippen molar-refractivity contribution in [3.05, 3.63) is 166 Å². The number of hydrogen-bond donors (Lipinski definition) is 4. The van der Waals surface area contributed by atoms with Gasteiger partial charge < -0.3 is 97.1 Å². The van der Waals surface area contributed by atoms with Gasteiger partial charge in [0.05, 0.1) is 28.4 Å². The molecule has 736 valence electrons. The molecule has 24 heteroatoms. The number of amides is 4. The molecule has 0 saturated carbocycles. The highest BCUT2D eigenvalue weighted by Gasteiger charge is 2.44. The standard InChI is InChI=1S/C112H148N4O20/c1-9-13-17-21-25-29-33-37-41-45-85-89-65-91-86(46-42-38-34-30-26-22-18-14-10-2)93-67-95-88(48-44-40-36-32-28-24-20-16-12-4)96-68-94-87(47-43-39-35-31-27-23-19-15-11-3)92-66-90(85)102-110(126-70-98(118)114-78-51-59-82(122-6)60-52-78)104(92)132-75-134-106(94)112(128-72-100(120)116-80-55-63-84(124-8)64-56-80)108(96)136-76-135-107(95)111(127-71-99(119)115-79-53-61-83(123-7)62-54-79)105(93)133-74-131-103(91)109(101(89)129-73-130-102)125-69-97(117)113-77-49-57-81(121-5)58-50-77/h49-68,85-88H,9-48,69-76H2,1-8H3,(H,113,117)(H,114,118)(H,115,119)(H,116,120). The number of hydrogen-bond acceptors (Lipinski definition) is 20. The van der Waals surface area contributed by atoms with Crippen molar-refractivity contribution >= 4 is 46.4 Å². The van der Waals surface area contributed by atoms with Crippen LogP contribution >= 0.6 is 0 Å². The molecule has 0 atom stereocenters. The number of methoxy groups -OCH3 is 4. The molecule has 1 aliphatic carbocycles. The quantitative estimate of drug-likeness (QED) is 0.0258. The van der Waals surface area contributed by atoms with E-state index in [0.717, 1.165) is 199 Å². The van der Waals surface area contributed by atoms with Crippen LogP contribution in [0.15, 0.2) is 121 Å². The van der Waals surface area contributed by atoms with E-state index in [0.29, 0.717) is 117 Å². The van der Waals surface area contributed by atoms with Gasteiger partial charge in [-0.25, -0.2) is 0 Å². The predicted molar refractivity (Wildman–Crippen MR) is 533 cm³/mol. The minimum absolute atomic E-state index is 0.171. The SMILES string of the molecule is CCCCCCCCCCCC1c2cc3c4c(OCC(=O)Nc5ccc(OC)cc5)c2OCOc2c1cc1c(c2OCC(=O)Nc2ccc(OC)cc2)OCOc2c(cc5c(c2OCC(=O)Nc2ccc(OC)cc2)OCOc2c(cc(c(c2OCC(=O)Nc2ccc(OC)cc2)OCO4)C3CCCCCCCCCCC)C5CCCCCCCCCCC)C1CCCCCCCCCCC. The largest absolute Gasteiger partial charge is 0.497 e. The molecule has 0 fully saturated rings. The molecule has 4 amide bonds. The van der Waals surface area contributed by atoms with Gasteiger partial charge in [0.2, 0.25) is 50.2 Å². The van der Waals surface area contributed by atoms with Gasteiger partial charge in [0, 0.05) is 90.9 Å². The molecule has 13 rings (SSSR count). The minimum atomic E-state index is -0.636. The molecule has 0 aromatic heterocycles. The topological polar surface area (TPSA) is 264 Å². The molecule has 0 unspecified atom stereocenters. The molecule has 5 aliphatic rings. The van der Waals surface area contributed by atoms with E-state index in [2.05, 4.69) is 73.2 Å². The predicted octanol–water partition coefficient (Wildman–Crippen LogP) is 27.2. The minimum Gasteiger partial charge on any atom is -0.497 e. The maximum atomic E-state index is 15.0. The molecule has 0 radical (unpaired) electrons. The highest BCUT2D eigenvalue weighted by atomic mass is 16.7.